The summed E-state index contributed by atoms with van der Waals surface area (Å²) in [6.45, 7) is 5.93. The van der Waals surface area contributed by atoms with E-state index in [2.05, 4.69) is 5.32 Å². The minimum absolute atomic E-state index is 0.153. The van der Waals surface area contributed by atoms with E-state index in [4.69, 9.17) is 14.7 Å². The molecule has 0 spiro atoms. The van der Waals surface area contributed by atoms with Crippen molar-refractivity contribution in [2.75, 3.05) is 6.61 Å². The second-order valence-electron chi connectivity index (χ2n) is 5.93. The maximum Gasteiger partial charge on any atom is 0.261 e. The number of hydrogen-bond donors (Lipinski definition) is 1. The maximum absolute atomic E-state index is 12.2. The molecule has 0 fully saturated rings. The summed E-state index contributed by atoms with van der Waals surface area (Å²) in [4.78, 5) is 12.2. The van der Waals surface area contributed by atoms with Gasteiger partial charge in [0.1, 0.15) is 18.1 Å². The van der Waals surface area contributed by atoms with Crippen LogP contribution in [0.15, 0.2) is 48.5 Å². The van der Waals surface area contributed by atoms with Crippen LogP contribution in [-0.4, -0.2) is 24.7 Å². The summed E-state index contributed by atoms with van der Waals surface area (Å²) < 4.78 is 11.3. The first-order valence-corrected chi connectivity index (χ1v) is 8.14. The fourth-order valence-corrected chi connectivity index (χ4v) is 2.19. The Morgan fingerprint density at radius 1 is 1.16 bits per heavy atom. The lowest BCUT2D eigenvalue weighted by molar-refractivity contribution is -0.128. The van der Waals surface area contributed by atoms with Crippen LogP contribution in [0.1, 0.15) is 25.0 Å². The van der Waals surface area contributed by atoms with E-state index in [1.54, 1.807) is 31.2 Å². The lowest BCUT2D eigenvalue weighted by atomic mass is 10.2. The van der Waals surface area contributed by atoms with Gasteiger partial charge < -0.3 is 14.8 Å². The topological polar surface area (TPSA) is 71.3 Å². The average Bonchev–Trinajstić information content (AvgIpc) is 2.60. The highest BCUT2D eigenvalue weighted by Crippen LogP contribution is 2.14. The van der Waals surface area contributed by atoms with Crippen molar-refractivity contribution in [1.82, 2.24) is 5.32 Å². The van der Waals surface area contributed by atoms with Crippen LogP contribution in [0.4, 0.5) is 0 Å². The Morgan fingerprint density at radius 2 is 1.88 bits per heavy atom. The molecule has 0 heterocycles. The maximum atomic E-state index is 12.2. The Morgan fingerprint density at radius 3 is 2.52 bits per heavy atom. The zero-order valence-corrected chi connectivity index (χ0v) is 14.7. The number of carbonyl (C=O) groups excluding carboxylic acids is 1. The first-order chi connectivity index (χ1) is 12.0. The molecule has 0 bridgehead atoms. The van der Waals surface area contributed by atoms with Crippen molar-refractivity contribution in [2.24, 2.45) is 0 Å². The Bertz CT molecular complexity index is 750. The molecule has 0 aromatic heterocycles. The molecule has 0 aliphatic rings. The summed E-state index contributed by atoms with van der Waals surface area (Å²) in [6.07, 6.45) is -0.644. The molecule has 2 aromatic carbocycles. The van der Waals surface area contributed by atoms with Gasteiger partial charge in [-0.15, -0.1) is 0 Å². The predicted molar refractivity (Wildman–Crippen MR) is 95.5 cm³/mol. The summed E-state index contributed by atoms with van der Waals surface area (Å²) in [5, 5.41) is 11.6. The number of rotatable bonds is 7. The molecule has 0 saturated heterocycles. The first-order valence-electron chi connectivity index (χ1n) is 8.14. The normalized spacial score (nSPS) is 12.6. The number of aryl methyl sites for hydroxylation is 1. The summed E-state index contributed by atoms with van der Waals surface area (Å²) >= 11 is 0. The molecule has 5 heteroatoms. The number of nitrogens with one attached hydrogen (secondary N) is 1. The summed E-state index contributed by atoms with van der Waals surface area (Å²) in [6, 6.07) is 16.3. The standard InChI is InChI=1S/C20H22N2O3/c1-14-5-4-6-19(11-14)24-13-15(2)22-20(23)16(3)25-18-9-7-17(12-21)8-10-18/h4-11,15-16H,13H2,1-3H3,(H,22,23). The van der Waals surface area contributed by atoms with Crippen molar-refractivity contribution >= 4 is 5.91 Å². The minimum atomic E-state index is -0.644. The van der Waals surface area contributed by atoms with E-state index in [9.17, 15) is 4.79 Å². The molecule has 2 rings (SSSR count). The Labute approximate surface area is 148 Å². The minimum Gasteiger partial charge on any atom is -0.491 e. The van der Waals surface area contributed by atoms with Crippen LogP contribution in [0.3, 0.4) is 0 Å². The quantitative estimate of drug-likeness (QED) is 0.841. The van der Waals surface area contributed by atoms with Gasteiger partial charge in [-0.25, -0.2) is 0 Å². The van der Waals surface area contributed by atoms with Gasteiger partial charge in [0, 0.05) is 0 Å². The van der Waals surface area contributed by atoms with Gasteiger partial charge in [-0.2, -0.15) is 5.26 Å². The highest BCUT2D eigenvalue weighted by molar-refractivity contribution is 5.81. The van der Waals surface area contributed by atoms with E-state index in [-0.39, 0.29) is 11.9 Å². The van der Waals surface area contributed by atoms with Gasteiger partial charge in [0.2, 0.25) is 0 Å². The Hall–Kier alpha value is -3.00. The number of nitrogens with zero attached hydrogens (tertiary/aromatic N) is 1. The molecule has 2 aromatic rings. The van der Waals surface area contributed by atoms with Crippen LogP contribution < -0.4 is 14.8 Å². The van der Waals surface area contributed by atoms with Crippen LogP contribution in [-0.2, 0) is 4.79 Å². The number of amides is 1. The van der Waals surface area contributed by atoms with Crippen molar-refractivity contribution in [3.8, 4) is 17.6 Å². The monoisotopic (exact) mass is 338 g/mol. The zero-order valence-electron chi connectivity index (χ0n) is 14.7. The third kappa shape index (κ3) is 5.85. The van der Waals surface area contributed by atoms with Crippen LogP contribution in [0.2, 0.25) is 0 Å². The first kappa shape index (κ1) is 18.3. The summed E-state index contributed by atoms with van der Waals surface area (Å²) in [5.41, 5.74) is 1.67. The molecule has 1 N–H and O–H groups in total. The predicted octanol–water partition coefficient (Wildman–Crippen LogP) is 3.22. The third-order valence-corrected chi connectivity index (χ3v) is 3.54. The van der Waals surface area contributed by atoms with Crippen molar-refractivity contribution in [3.63, 3.8) is 0 Å². The van der Waals surface area contributed by atoms with Crippen molar-refractivity contribution in [2.45, 2.75) is 32.9 Å². The van der Waals surface area contributed by atoms with Gasteiger partial charge in [-0.1, -0.05) is 12.1 Å². The van der Waals surface area contributed by atoms with Gasteiger partial charge in [0.05, 0.1) is 17.7 Å². The highest BCUT2D eigenvalue weighted by Gasteiger charge is 2.17. The average molecular weight is 338 g/mol. The fourth-order valence-electron chi connectivity index (χ4n) is 2.19. The molecule has 2 atom stereocenters. The lowest BCUT2D eigenvalue weighted by Crippen LogP contribution is -2.43. The third-order valence-electron chi connectivity index (χ3n) is 3.54. The van der Waals surface area contributed by atoms with Gasteiger partial charge in [-0.3, -0.25) is 4.79 Å². The molecule has 5 nitrogen and oxygen atoms in total. The van der Waals surface area contributed by atoms with Crippen LogP contribution in [0.25, 0.3) is 0 Å². The molecule has 0 saturated carbocycles. The molecule has 0 aliphatic carbocycles. The van der Waals surface area contributed by atoms with Gasteiger partial charge in [0.25, 0.3) is 5.91 Å². The van der Waals surface area contributed by atoms with E-state index in [0.717, 1.165) is 11.3 Å². The van der Waals surface area contributed by atoms with Crippen molar-refractivity contribution < 1.29 is 14.3 Å². The van der Waals surface area contributed by atoms with E-state index in [1.165, 1.54) is 0 Å². The highest BCUT2D eigenvalue weighted by atomic mass is 16.5. The van der Waals surface area contributed by atoms with Crippen molar-refractivity contribution in [1.29, 1.82) is 5.26 Å². The molecular weight excluding hydrogens is 316 g/mol. The largest absolute Gasteiger partial charge is 0.491 e. The van der Waals surface area contributed by atoms with Crippen LogP contribution in [0.5, 0.6) is 11.5 Å². The van der Waals surface area contributed by atoms with Gasteiger partial charge >= 0.3 is 0 Å². The molecule has 25 heavy (non-hydrogen) atoms. The van der Waals surface area contributed by atoms with Crippen molar-refractivity contribution in [3.05, 3.63) is 59.7 Å². The summed E-state index contributed by atoms with van der Waals surface area (Å²) in [7, 11) is 0. The Kier molecular flexibility index (Phi) is 6.41. The van der Waals surface area contributed by atoms with E-state index < -0.39 is 6.10 Å². The zero-order chi connectivity index (χ0) is 18.2. The van der Waals surface area contributed by atoms with E-state index in [1.807, 2.05) is 44.2 Å². The second-order valence-corrected chi connectivity index (χ2v) is 5.93. The van der Waals surface area contributed by atoms with Gasteiger partial charge in [0.15, 0.2) is 6.10 Å². The SMILES string of the molecule is Cc1cccc(OCC(C)NC(=O)C(C)Oc2ccc(C#N)cc2)c1. The second kappa shape index (κ2) is 8.74. The number of carbonyl (C=O) groups is 1. The van der Waals surface area contributed by atoms with Crippen LogP contribution >= 0.6 is 0 Å². The number of hydrogen-bond acceptors (Lipinski definition) is 4. The number of nitriles is 1. The lowest BCUT2D eigenvalue weighted by Gasteiger charge is -2.19. The van der Waals surface area contributed by atoms with E-state index in [0.29, 0.717) is 17.9 Å². The van der Waals surface area contributed by atoms with E-state index >= 15 is 0 Å². The molecule has 2 unspecified atom stereocenters. The van der Waals surface area contributed by atoms with Crippen LogP contribution in [0, 0.1) is 18.3 Å². The molecule has 130 valence electrons. The van der Waals surface area contributed by atoms with Gasteiger partial charge in [-0.05, 0) is 62.7 Å². The molecule has 0 radical (unpaired) electrons. The summed E-state index contributed by atoms with van der Waals surface area (Å²) in [5.74, 6) is 1.11. The fraction of sp³-hybridized carbons (Fsp3) is 0.300. The molecular formula is C20H22N2O3. The number of benzene rings is 2. The molecule has 0 aliphatic heterocycles. The molecule has 1 amide bonds. The number of ether oxygens (including phenoxy) is 2. The Balaban J connectivity index is 1.80. The smallest absolute Gasteiger partial charge is 0.261 e.